The molecule has 0 aromatic rings. The minimum absolute atomic E-state index is 0.0392. The van der Waals surface area contributed by atoms with E-state index in [9.17, 15) is 4.39 Å². The fraction of sp³-hybridized carbons (Fsp3) is 0.500. The molecule has 0 aliphatic carbocycles. The molecule has 0 bridgehead atoms. The van der Waals surface area contributed by atoms with Crippen LogP contribution in [-0.2, 0) is 14.2 Å². The molecule has 0 spiro atoms. The van der Waals surface area contributed by atoms with Crippen molar-refractivity contribution in [1.29, 1.82) is 0 Å². The fourth-order valence-electron chi connectivity index (χ4n) is 0.559. The van der Waals surface area contributed by atoms with E-state index in [0.717, 1.165) is 0 Å². The molecule has 0 fully saturated rings. The van der Waals surface area contributed by atoms with Crippen molar-refractivity contribution in [3.63, 3.8) is 0 Å². The Kier molecular flexibility index (Phi) is 7.38. The molecule has 0 saturated carbocycles. The molecular weight excluding hydrogens is 163 g/mol. The predicted molar refractivity (Wildman–Crippen MR) is 43.1 cm³/mol. The highest BCUT2D eigenvalue weighted by Crippen LogP contribution is 1.96. The zero-order valence-corrected chi connectivity index (χ0v) is 6.87. The van der Waals surface area contributed by atoms with Crippen LogP contribution in [0, 0.1) is 0 Å². The van der Waals surface area contributed by atoms with Crippen molar-refractivity contribution in [2.45, 2.75) is 6.29 Å². The van der Waals surface area contributed by atoms with Gasteiger partial charge in [0, 0.05) is 0 Å². The summed E-state index contributed by atoms with van der Waals surface area (Å²) in [4.78, 5) is 0. The maximum Gasteiger partial charge on any atom is 0.262 e. The van der Waals surface area contributed by atoms with E-state index in [1.807, 2.05) is 0 Å². The average molecular weight is 176 g/mol. The minimum atomic E-state index is -0.591. The third-order valence-electron chi connectivity index (χ3n) is 0.971. The predicted octanol–water partition coefficient (Wildman–Crippen LogP) is 1.62. The number of rotatable bonds is 8. The first-order chi connectivity index (χ1) is 5.85. The van der Waals surface area contributed by atoms with E-state index in [4.69, 9.17) is 14.2 Å². The zero-order chi connectivity index (χ0) is 9.23. The van der Waals surface area contributed by atoms with E-state index in [0.29, 0.717) is 0 Å². The second-order valence-electron chi connectivity index (χ2n) is 1.80. The smallest absolute Gasteiger partial charge is 0.262 e. The molecule has 0 heterocycles. The van der Waals surface area contributed by atoms with Gasteiger partial charge in [0.2, 0.25) is 0 Å². The summed E-state index contributed by atoms with van der Waals surface area (Å²) in [5.74, 6) is 0. The molecule has 0 atom stereocenters. The molecular formula is C8H13FO3. The Balaban J connectivity index is 3.47. The van der Waals surface area contributed by atoms with Crippen LogP contribution in [0.25, 0.3) is 0 Å². The SMILES string of the molecule is C=COC(COCCF)OC=C. The van der Waals surface area contributed by atoms with Crippen molar-refractivity contribution in [2.75, 3.05) is 19.9 Å². The Morgan fingerprint density at radius 1 is 1.25 bits per heavy atom. The highest BCUT2D eigenvalue weighted by Gasteiger charge is 2.06. The number of halogens is 1. The van der Waals surface area contributed by atoms with Gasteiger partial charge in [0.25, 0.3) is 6.29 Å². The molecule has 0 aromatic heterocycles. The van der Waals surface area contributed by atoms with E-state index in [1.165, 1.54) is 12.5 Å². The maximum atomic E-state index is 11.6. The molecule has 3 nitrogen and oxygen atoms in total. The molecule has 70 valence electrons. The standard InChI is InChI=1S/C8H13FO3/c1-3-11-8(12-4-2)7-10-6-5-9/h3-4,8H,1-2,5-7H2. The average Bonchev–Trinajstić information content (AvgIpc) is 2.06. The van der Waals surface area contributed by atoms with Crippen LogP contribution in [0.1, 0.15) is 0 Å². The summed E-state index contributed by atoms with van der Waals surface area (Å²) in [7, 11) is 0. The molecule has 0 radical (unpaired) electrons. The first-order valence-electron chi connectivity index (χ1n) is 3.51. The van der Waals surface area contributed by atoms with Gasteiger partial charge in [0.05, 0.1) is 19.1 Å². The lowest BCUT2D eigenvalue weighted by atomic mass is 10.6. The van der Waals surface area contributed by atoms with Crippen LogP contribution in [0.4, 0.5) is 4.39 Å². The third kappa shape index (κ3) is 5.73. The van der Waals surface area contributed by atoms with Crippen LogP contribution in [-0.4, -0.2) is 26.2 Å². The van der Waals surface area contributed by atoms with Crippen molar-refractivity contribution in [1.82, 2.24) is 0 Å². The highest BCUT2D eigenvalue weighted by atomic mass is 19.1. The molecule has 0 unspecified atom stereocenters. The van der Waals surface area contributed by atoms with E-state index < -0.39 is 13.0 Å². The van der Waals surface area contributed by atoms with Gasteiger partial charge in [0.1, 0.15) is 13.3 Å². The second-order valence-corrected chi connectivity index (χ2v) is 1.80. The van der Waals surface area contributed by atoms with E-state index in [2.05, 4.69) is 13.2 Å². The number of hydrogen-bond donors (Lipinski definition) is 0. The van der Waals surface area contributed by atoms with E-state index in [-0.39, 0.29) is 13.2 Å². The van der Waals surface area contributed by atoms with E-state index >= 15 is 0 Å². The Bertz CT molecular complexity index is 117. The third-order valence-corrected chi connectivity index (χ3v) is 0.971. The van der Waals surface area contributed by atoms with Crippen LogP contribution in [0.3, 0.4) is 0 Å². The zero-order valence-electron chi connectivity index (χ0n) is 6.87. The summed E-state index contributed by atoms with van der Waals surface area (Å²) in [6.07, 6.45) is 1.87. The number of ether oxygens (including phenoxy) is 3. The highest BCUT2D eigenvalue weighted by molar-refractivity contribution is 4.57. The fourth-order valence-corrected chi connectivity index (χ4v) is 0.559. The van der Waals surface area contributed by atoms with Gasteiger partial charge < -0.3 is 14.2 Å². The first kappa shape index (κ1) is 11.0. The lowest BCUT2D eigenvalue weighted by molar-refractivity contribution is -0.109. The summed E-state index contributed by atoms with van der Waals surface area (Å²) in [6.45, 7) is 6.36. The molecule has 0 N–H and O–H groups in total. The van der Waals surface area contributed by atoms with Gasteiger partial charge in [-0.25, -0.2) is 4.39 Å². The van der Waals surface area contributed by atoms with Gasteiger partial charge >= 0.3 is 0 Å². The van der Waals surface area contributed by atoms with Gasteiger partial charge in [-0.05, 0) is 0 Å². The molecule has 0 rings (SSSR count). The van der Waals surface area contributed by atoms with Crippen molar-refractivity contribution >= 4 is 0 Å². The van der Waals surface area contributed by atoms with E-state index in [1.54, 1.807) is 0 Å². The van der Waals surface area contributed by atoms with Crippen LogP contribution in [0.15, 0.2) is 25.7 Å². The molecule has 0 aliphatic heterocycles. The van der Waals surface area contributed by atoms with Crippen molar-refractivity contribution in [2.24, 2.45) is 0 Å². The molecule has 0 amide bonds. The largest absolute Gasteiger partial charge is 0.461 e. The van der Waals surface area contributed by atoms with Gasteiger partial charge in [-0.3, -0.25) is 0 Å². The molecule has 0 saturated heterocycles. The van der Waals surface area contributed by atoms with Crippen molar-refractivity contribution < 1.29 is 18.6 Å². The summed E-state index contributed by atoms with van der Waals surface area (Å²) in [6, 6.07) is 0. The summed E-state index contributed by atoms with van der Waals surface area (Å²) in [5.41, 5.74) is 0. The van der Waals surface area contributed by atoms with Gasteiger partial charge in [0.15, 0.2) is 0 Å². The van der Waals surface area contributed by atoms with Crippen LogP contribution < -0.4 is 0 Å². The maximum absolute atomic E-state index is 11.6. The van der Waals surface area contributed by atoms with Gasteiger partial charge in [-0.1, -0.05) is 13.2 Å². The molecule has 12 heavy (non-hydrogen) atoms. The molecule has 0 aromatic carbocycles. The summed E-state index contributed by atoms with van der Waals surface area (Å²) < 4.78 is 26.1. The van der Waals surface area contributed by atoms with Crippen molar-refractivity contribution in [3.8, 4) is 0 Å². The number of alkyl halides is 1. The van der Waals surface area contributed by atoms with Gasteiger partial charge in [-0.15, -0.1) is 0 Å². The van der Waals surface area contributed by atoms with Gasteiger partial charge in [-0.2, -0.15) is 0 Å². The minimum Gasteiger partial charge on any atom is -0.461 e. The number of hydrogen-bond acceptors (Lipinski definition) is 3. The Morgan fingerprint density at radius 3 is 2.25 bits per heavy atom. The lowest BCUT2D eigenvalue weighted by Gasteiger charge is -2.14. The molecule has 4 heteroatoms. The van der Waals surface area contributed by atoms with Crippen LogP contribution in [0.5, 0.6) is 0 Å². The quantitative estimate of drug-likeness (QED) is 0.319. The van der Waals surface area contributed by atoms with Crippen molar-refractivity contribution in [3.05, 3.63) is 25.7 Å². The lowest BCUT2D eigenvalue weighted by Crippen LogP contribution is -2.19. The van der Waals surface area contributed by atoms with Crippen LogP contribution in [0.2, 0.25) is 0 Å². The Hall–Kier alpha value is -1.03. The monoisotopic (exact) mass is 176 g/mol. The van der Waals surface area contributed by atoms with Crippen LogP contribution >= 0.6 is 0 Å². The Morgan fingerprint density at radius 2 is 1.83 bits per heavy atom. The topological polar surface area (TPSA) is 27.7 Å². The summed E-state index contributed by atoms with van der Waals surface area (Å²) in [5, 5.41) is 0. The first-order valence-corrected chi connectivity index (χ1v) is 3.51. The second kappa shape index (κ2) is 8.07. The molecule has 0 aliphatic rings. The Labute approximate surface area is 71.4 Å². The summed E-state index contributed by atoms with van der Waals surface area (Å²) >= 11 is 0. The normalized spacial score (nSPS) is 9.50.